The van der Waals surface area contributed by atoms with Crippen molar-refractivity contribution in [1.82, 2.24) is 15.1 Å². The van der Waals surface area contributed by atoms with Gasteiger partial charge in [0.1, 0.15) is 18.0 Å². The Balaban J connectivity index is 1.28. The van der Waals surface area contributed by atoms with Gasteiger partial charge in [-0.2, -0.15) is 10.2 Å². The first-order chi connectivity index (χ1) is 16.9. The lowest BCUT2D eigenvalue weighted by atomic mass is 9.93. The summed E-state index contributed by atoms with van der Waals surface area (Å²) in [7, 11) is 0. The SMILES string of the molecule is OC[C@@H]1[C@@H](O)[C@H](O)[C@@H](O)CN1CCc1ccc(CCNc2cc(O)cc(-c3cccnn3)c2)cc1. The minimum absolute atomic E-state index is 0.159. The van der Waals surface area contributed by atoms with E-state index in [0.717, 1.165) is 28.8 Å². The number of hydrogen-bond donors (Lipinski definition) is 6. The van der Waals surface area contributed by atoms with Gasteiger partial charge in [-0.1, -0.05) is 24.3 Å². The number of nitrogens with zero attached hydrogens (tertiary/aromatic N) is 3. The number of phenols is 1. The molecule has 1 fully saturated rings. The van der Waals surface area contributed by atoms with Crippen LogP contribution in [0.1, 0.15) is 11.1 Å². The lowest BCUT2D eigenvalue weighted by Gasteiger charge is -2.43. The third-order valence-corrected chi connectivity index (χ3v) is 6.46. The molecule has 1 aliphatic rings. The topological polar surface area (TPSA) is 142 Å². The molecule has 1 aromatic heterocycles. The first-order valence-corrected chi connectivity index (χ1v) is 11.8. The van der Waals surface area contributed by atoms with Gasteiger partial charge in [-0.3, -0.25) is 4.90 Å². The van der Waals surface area contributed by atoms with Crippen LogP contribution in [-0.2, 0) is 12.8 Å². The number of aliphatic hydroxyl groups is 4. The Morgan fingerprint density at radius 2 is 1.69 bits per heavy atom. The molecule has 3 aromatic rings. The molecule has 6 N–H and O–H groups in total. The van der Waals surface area contributed by atoms with Crippen LogP contribution in [-0.4, -0.2) is 91.2 Å². The van der Waals surface area contributed by atoms with Crippen LogP contribution >= 0.6 is 0 Å². The number of piperidine rings is 1. The van der Waals surface area contributed by atoms with E-state index in [4.69, 9.17) is 0 Å². The minimum atomic E-state index is -1.24. The fourth-order valence-electron chi connectivity index (χ4n) is 4.45. The summed E-state index contributed by atoms with van der Waals surface area (Å²) >= 11 is 0. The molecule has 186 valence electrons. The summed E-state index contributed by atoms with van der Waals surface area (Å²) in [5, 5.41) is 60.9. The van der Waals surface area contributed by atoms with Crippen LogP contribution < -0.4 is 5.32 Å². The van der Waals surface area contributed by atoms with Crippen molar-refractivity contribution in [1.29, 1.82) is 0 Å². The Labute approximate surface area is 204 Å². The van der Waals surface area contributed by atoms with E-state index in [1.807, 2.05) is 17.0 Å². The first kappa shape index (κ1) is 25.0. The van der Waals surface area contributed by atoms with Crippen LogP contribution in [0.2, 0.25) is 0 Å². The lowest BCUT2D eigenvalue weighted by Crippen LogP contribution is -2.62. The lowest BCUT2D eigenvalue weighted by molar-refractivity contribution is -0.144. The molecule has 2 aromatic carbocycles. The number of hydrogen-bond acceptors (Lipinski definition) is 9. The molecule has 1 aliphatic heterocycles. The number of rotatable bonds is 9. The minimum Gasteiger partial charge on any atom is -0.508 e. The van der Waals surface area contributed by atoms with E-state index >= 15 is 0 Å². The summed E-state index contributed by atoms with van der Waals surface area (Å²) in [6, 6.07) is 16.6. The molecule has 35 heavy (non-hydrogen) atoms. The number of likely N-dealkylation sites (tertiary alicyclic amines) is 1. The zero-order valence-corrected chi connectivity index (χ0v) is 19.4. The molecular weight excluding hydrogens is 448 g/mol. The molecule has 4 atom stereocenters. The van der Waals surface area contributed by atoms with E-state index in [1.54, 1.807) is 24.4 Å². The van der Waals surface area contributed by atoms with Gasteiger partial charge in [0.15, 0.2) is 0 Å². The van der Waals surface area contributed by atoms with Crippen molar-refractivity contribution in [3.63, 3.8) is 0 Å². The second kappa shape index (κ2) is 11.6. The maximum absolute atomic E-state index is 10.1. The number of aromatic nitrogens is 2. The van der Waals surface area contributed by atoms with Gasteiger partial charge in [0.2, 0.25) is 0 Å². The highest BCUT2D eigenvalue weighted by atomic mass is 16.4. The van der Waals surface area contributed by atoms with Crippen LogP contribution in [0.3, 0.4) is 0 Å². The first-order valence-electron chi connectivity index (χ1n) is 11.8. The van der Waals surface area contributed by atoms with Gasteiger partial charge in [-0.15, -0.1) is 0 Å². The molecule has 9 heteroatoms. The van der Waals surface area contributed by atoms with Crippen LogP contribution in [0.25, 0.3) is 11.3 Å². The van der Waals surface area contributed by atoms with Crippen LogP contribution in [0.5, 0.6) is 5.75 Å². The normalized spacial score (nSPS) is 22.7. The van der Waals surface area contributed by atoms with E-state index < -0.39 is 24.4 Å². The Morgan fingerprint density at radius 3 is 2.37 bits per heavy atom. The number of benzene rings is 2. The Kier molecular flexibility index (Phi) is 8.27. The summed E-state index contributed by atoms with van der Waals surface area (Å²) in [4.78, 5) is 1.82. The zero-order valence-electron chi connectivity index (χ0n) is 19.4. The van der Waals surface area contributed by atoms with Crippen LogP contribution in [0.4, 0.5) is 5.69 Å². The van der Waals surface area contributed by atoms with Gasteiger partial charge in [0.05, 0.1) is 24.4 Å². The second-order valence-electron chi connectivity index (χ2n) is 8.91. The number of aliphatic hydroxyl groups excluding tert-OH is 4. The van der Waals surface area contributed by atoms with Crippen molar-refractivity contribution in [2.75, 3.05) is 31.6 Å². The van der Waals surface area contributed by atoms with Crippen molar-refractivity contribution < 1.29 is 25.5 Å². The Bertz CT molecular complexity index is 1080. The van der Waals surface area contributed by atoms with Crippen molar-refractivity contribution in [2.24, 2.45) is 0 Å². The summed E-state index contributed by atoms with van der Waals surface area (Å²) in [5.41, 5.74) is 4.55. The van der Waals surface area contributed by atoms with E-state index in [0.29, 0.717) is 25.2 Å². The quantitative estimate of drug-likeness (QED) is 0.262. The largest absolute Gasteiger partial charge is 0.508 e. The second-order valence-corrected chi connectivity index (χ2v) is 8.91. The number of phenolic OH excluding ortho intramolecular Hbond substituents is 1. The standard InChI is InChI=1S/C26H32N4O5/c31-16-23-25(34)26(35)24(33)15-30(23)11-8-18-5-3-17(4-6-18)7-10-27-20-12-19(13-21(32)14-20)22-2-1-9-28-29-22/h1-6,9,12-14,23-27,31-35H,7-8,10-11,15-16H2/t23-,24+,25-,26-/m1/s1. The molecule has 0 bridgehead atoms. The molecule has 2 heterocycles. The number of aromatic hydroxyl groups is 1. The molecular formula is C26H32N4O5. The van der Waals surface area contributed by atoms with E-state index in [9.17, 15) is 25.5 Å². The predicted octanol–water partition coefficient (Wildman–Crippen LogP) is 0.805. The molecule has 1 saturated heterocycles. The molecule has 0 unspecified atom stereocenters. The molecule has 4 rings (SSSR count). The zero-order chi connectivity index (χ0) is 24.8. The van der Waals surface area contributed by atoms with E-state index in [2.05, 4.69) is 39.8 Å². The summed E-state index contributed by atoms with van der Waals surface area (Å²) in [6.07, 6.45) is -0.358. The fourth-order valence-corrected chi connectivity index (χ4v) is 4.45. The van der Waals surface area contributed by atoms with Gasteiger partial charge < -0.3 is 30.8 Å². The van der Waals surface area contributed by atoms with Crippen LogP contribution in [0, 0.1) is 0 Å². The summed E-state index contributed by atoms with van der Waals surface area (Å²) < 4.78 is 0. The summed E-state index contributed by atoms with van der Waals surface area (Å²) in [5.74, 6) is 0.159. The summed E-state index contributed by atoms with van der Waals surface area (Å²) in [6.45, 7) is 1.17. The van der Waals surface area contributed by atoms with E-state index in [-0.39, 0.29) is 18.9 Å². The van der Waals surface area contributed by atoms with Gasteiger partial charge in [0, 0.05) is 43.1 Å². The fraction of sp³-hybridized carbons (Fsp3) is 0.385. The highest BCUT2D eigenvalue weighted by Gasteiger charge is 2.40. The van der Waals surface area contributed by atoms with Gasteiger partial charge in [0.25, 0.3) is 0 Å². The molecule has 0 radical (unpaired) electrons. The number of β-amino-alcohol motifs (C(OH)–C–C–N with tert-alkyl or cyclic N) is 1. The van der Waals surface area contributed by atoms with Gasteiger partial charge in [-0.25, -0.2) is 0 Å². The predicted molar refractivity (Wildman–Crippen MR) is 132 cm³/mol. The van der Waals surface area contributed by atoms with Crippen molar-refractivity contribution >= 4 is 5.69 Å². The van der Waals surface area contributed by atoms with Crippen molar-refractivity contribution in [3.05, 3.63) is 71.9 Å². The molecule has 0 spiro atoms. The molecule has 0 saturated carbocycles. The number of anilines is 1. The third-order valence-electron chi connectivity index (χ3n) is 6.46. The molecule has 9 nitrogen and oxygen atoms in total. The Morgan fingerprint density at radius 1 is 0.943 bits per heavy atom. The molecule has 0 aliphatic carbocycles. The average Bonchev–Trinajstić information content (AvgIpc) is 2.87. The number of nitrogens with one attached hydrogen (secondary N) is 1. The maximum Gasteiger partial charge on any atom is 0.118 e. The highest BCUT2D eigenvalue weighted by molar-refractivity contribution is 5.67. The van der Waals surface area contributed by atoms with Crippen molar-refractivity contribution in [2.45, 2.75) is 37.2 Å². The highest BCUT2D eigenvalue weighted by Crippen LogP contribution is 2.26. The molecule has 0 amide bonds. The maximum atomic E-state index is 10.1. The van der Waals surface area contributed by atoms with E-state index in [1.165, 1.54) is 0 Å². The smallest absolute Gasteiger partial charge is 0.118 e. The third kappa shape index (κ3) is 6.33. The van der Waals surface area contributed by atoms with Gasteiger partial charge in [-0.05, 0) is 48.2 Å². The average molecular weight is 481 g/mol. The van der Waals surface area contributed by atoms with Gasteiger partial charge >= 0.3 is 0 Å². The van der Waals surface area contributed by atoms with Crippen molar-refractivity contribution in [3.8, 4) is 17.0 Å². The Hall–Kier alpha value is -3.08. The van der Waals surface area contributed by atoms with Crippen LogP contribution in [0.15, 0.2) is 60.8 Å². The monoisotopic (exact) mass is 480 g/mol.